The average molecular weight is 337 g/mol. The van der Waals surface area contributed by atoms with Gasteiger partial charge in [-0.25, -0.2) is 18.6 Å². The van der Waals surface area contributed by atoms with Gasteiger partial charge < -0.3 is 9.64 Å². The maximum atomic E-state index is 13.3. The van der Waals surface area contributed by atoms with Crippen molar-refractivity contribution in [2.75, 3.05) is 19.1 Å². The summed E-state index contributed by atoms with van der Waals surface area (Å²) in [6.07, 6.45) is 1.15. The van der Waals surface area contributed by atoms with E-state index < -0.39 is 28.2 Å². The summed E-state index contributed by atoms with van der Waals surface area (Å²) in [6, 6.07) is 4.39. The lowest BCUT2D eigenvalue weighted by molar-refractivity contribution is -0.384. The van der Waals surface area contributed by atoms with Crippen molar-refractivity contribution < 1.29 is 23.2 Å². The Morgan fingerprint density at radius 3 is 2.62 bits per heavy atom. The molecule has 24 heavy (non-hydrogen) atoms. The molecular weight excluding hydrogens is 324 g/mol. The van der Waals surface area contributed by atoms with Crippen molar-refractivity contribution in [3.63, 3.8) is 0 Å². The highest BCUT2D eigenvalue weighted by Gasteiger charge is 2.22. The second kappa shape index (κ2) is 6.99. The molecule has 0 aliphatic rings. The van der Waals surface area contributed by atoms with Crippen LogP contribution in [0.1, 0.15) is 15.9 Å². The number of nitrogens with zero attached hydrogens (tertiary/aromatic N) is 3. The van der Waals surface area contributed by atoms with E-state index in [9.17, 15) is 23.7 Å². The van der Waals surface area contributed by atoms with Crippen molar-refractivity contribution >= 4 is 17.5 Å². The van der Waals surface area contributed by atoms with Gasteiger partial charge >= 0.3 is 11.7 Å². The Kier molecular flexibility index (Phi) is 5.02. The number of benzene rings is 1. The number of ether oxygens (including phenoxy) is 1. The number of aromatic nitrogens is 1. The molecule has 0 atom stereocenters. The molecule has 0 saturated carbocycles. The SMILES string of the molecule is COC(=O)c1cnc(N(C)Cc2ccc(F)c(F)c2)c([N+](=O)[O-])c1. The van der Waals surface area contributed by atoms with Crippen molar-refractivity contribution in [1.29, 1.82) is 0 Å². The molecule has 9 heteroatoms. The van der Waals surface area contributed by atoms with Gasteiger partial charge in [0.15, 0.2) is 11.6 Å². The fraction of sp³-hybridized carbons (Fsp3) is 0.200. The van der Waals surface area contributed by atoms with Gasteiger partial charge in [0, 0.05) is 25.9 Å². The minimum atomic E-state index is -1.01. The fourth-order valence-electron chi connectivity index (χ4n) is 2.09. The van der Waals surface area contributed by atoms with Crippen LogP contribution in [0.5, 0.6) is 0 Å². The van der Waals surface area contributed by atoms with Gasteiger partial charge in [0.1, 0.15) is 0 Å². The van der Waals surface area contributed by atoms with Crippen LogP contribution in [0, 0.1) is 21.7 Å². The predicted octanol–water partition coefficient (Wildman–Crippen LogP) is 2.69. The molecule has 0 aliphatic heterocycles. The lowest BCUT2D eigenvalue weighted by Crippen LogP contribution is -2.20. The van der Waals surface area contributed by atoms with Crippen molar-refractivity contribution in [3.05, 3.63) is 63.3 Å². The maximum Gasteiger partial charge on any atom is 0.339 e. The molecule has 126 valence electrons. The summed E-state index contributed by atoms with van der Waals surface area (Å²) in [7, 11) is 2.66. The number of methoxy groups -OCH3 is 1. The van der Waals surface area contributed by atoms with Gasteiger partial charge in [0.05, 0.1) is 17.6 Å². The first-order chi connectivity index (χ1) is 11.3. The zero-order chi connectivity index (χ0) is 17.9. The van der Waals surface area contributed by atoms with E-state index in [0.717, 1.165) is 31.5 Å². The first-order valence-electron chi connectivity index (χ1n) is 6.71. The summed E-state index contributed by atoms with van der Waals surface area (Å²) >= 11 is 0. The molecule has 0 spiro atoms. The monoisotopic (exact) mass is 337 g/mol. The molecule has 2 aromatic rings. The Morgan fingerprint density at radius 1 is 1.33 bits per heavy atom. The number of esters is 1. The zero-order valence-corrected chi connectivity index (χ0v) is 12.8. The Balaban J connectivity index is 2.33. The second-order valence-corrected chi connectivity index (χ2v) is 4.92. The maximum absolute atomic E-state index is 13.3. The molecule has 1 aromatic carbocycles. The molecule has 0 radical (unpaired) electrons. The number of pyridine rings is 1. The molecule has 2 rings (SSSR count). The number of hydrogen-bond acceptors (Lipinski definition) is 6. The minimum absolute atomic E-state index is 0.0163. The molecule has 0 aliphatic carbocycles. The average Bonchev–Trinajstić information content (AvgIpc) is 2.56. The highest BCUT2D eigenvalue weighted by atomic mass is 19.2. The molecule has 1 aromatic heterocycles. The van der Waals surface area contributed by atoms with Crippen LogP contribution in [0.2, 0.25) is 0 Å². The highest BCUT2D eigenvalue weighted by molar-refractivity contribution is 5.90. The molecular formula is C15H13F2N3O4. The summed E-state index contributed by atoms with van der Waals surface area (Å²) in [5, 5.41) is 11.2. The third-order valence-corrected chi connectivity index (χ3v) is 3.23. The molecule has 0 fully saturated rings. The minimum Gasteiger partial charge on any atom is -0.465 e. The summed E-state index contributed by atoms with van der Waals surface area (Å²) in [5.74, 6) is -2.75. The van der Waals surface area contributed by atoms with Crippen LogP contribution in [0.3, 0.4) is 0 Å². The lowest BCUT2D eigenvalue weighted by atomic mass is 10.2. The van der Waals surface area contributed by atoms with Crippen LogP contribution in [-0.4, -0.2) is 30.0 Å². The molecule has 1 heterocycles. The van der Waals surface area contributed by atoms with Crippen molar-refractivity contribution in [2.24, 2.45) is 0 Å². The van der Waals surface area contributed by atoms with E-state index in [1.807, 2.05) is 0 Å². The third kappa shape index (κ3) is 3.62. The van der Waals surface area contributed by atoms with E-state index in [-0.39, 0.29) is 17.9 Å². The summed E-state index contributed by atoms with van der Waals surface area (Å²) in [6.45, 7) is 0.0581. The van der Waals surface area contributed by atoms with Gasteiger partial charge in [-0.15, -0.1) is 0 Å². The Bertz CT molecular complexity index is 798. The largest absolute Gasteiger partial charge is 0.465 e. The van der Waals surface area contributed by atoms with Crippen LogP contribution in [0.15, 0.2) is 30.5 Å². The molecule has 0 amide bonds. The van der Waals surface area contributed by atoms with Crippen LogP contribution >= 0.6 is 0 Å². The number of rotatable bonds is 5. The summed E-state index contributed by atoms with van der Waals surface area (Å²) in [5.41, 5.74) is -0.0540. The number of halogens is 2. The summed E-state index contributed by atoms with van der Waals surface area (Å²) in [4.78, 5) is 27.3. The van der Waals surface area contributed by atoms with E-state index in [4.69, 9.17) is 0 Å². The van der Waals surface area contributed by atoms with Gasteiger partial charge in [-0.05, 0) is 17.7 Å². The number of nitro groups is 1. The number of carbonyl (C=O) groups is 1. The Morgan fingerprint density at radius 2 is 2.04 bits per heavy atom. The van der Waals surface area contributed by atoms with E-state index >= 15 is 0 Å². The van der Waals surface area contributed by atoms with Crippen molar-refractivity contribution in [2.45, 2.75) is 6.54 Å². The zero-order valence-electron chi connectivity index (χ0n) is 12.8. The lowest BCUT2D eigenvalue weighted by Gasteiger charge is -2.18. The molecule has 0 N–H and O–H groups in total. The topological polar surface area (TPSA) is 85.6 Å². The normalized spacial score (nSPS) is 10.3. The Hall–Kier alpha value is -3.10. The number of anilines is 1. The van der Waals surface area contributed by atoms with Gasteiger partial charge in [-0.2, -0.15) is 0 Å². The van der Waals surface area contributed by atoms with E-state index in [1.54, 1.807) is 0 Å². The van der Waals surface area contributed by atoms with E-state index in [0.29, 0.717) is 5.56 Å². The van der Waals surface area contributed by atoms with Gasteiger partial charge in [-0.1, -0.05) is 6.07 Å². The fourth-order valence-corrected chi connectivity index (χ4v) is 2.09. The first-order valence-corrected chi connectivity index (χ1v) is 6.71. The van der Waals surface area contributed by atoms with E-state index in [2.05, 4.69) is 9.72 Å². The smallest absolute Gasteiger partial charge is 0.339 e. The quantitative estimate of drug-likeness (QED) is 0.474. The standard InChI is InChI=1S/C15H13F2N3O4/c1-19(8-9-3-4-11(16)12(17)5-9)14-13(20(22)23)6-10(7-18-14)15(21)24-2/h3-7H,8H2,1-2H3. The van der Waals surface area contributed by atoms with E-state index in [1.165, 1.54) is 18.0 Å². The predicted molar refractivity (Wildman–Crippen MR) is 80.7 cm³/mol. The van der Waals surface area contributed by atoms with Gasteiger partial charge in [0.2, 0.25) is 5.82 Å². The van der Waals surface area contributed by atoms with Crippen LogP contribution in [0.4, 0.5) is 20.3 Å². The van der Waals surface area contributed by atoms with Gasteiger partial charge in [-0.3, -0.25) is 10.1 Å². The Labute approximate surface area is 135 Å². The summed E-state index contributed by atoms with van der Waals surface area (Å²) < 4.78 is 30.7. The first kappa shape index (κ1) is 17.3. The van der Waals surface area contributed by atoms with Crippen LogP contribution < -0.4 is 4.90 Å². The molecule has 0 bridgehead atoms. The molecule has 7 nitrogen and oxygen atoms in total. The van der Waals surface area contributed by atoms with Crippen molar-refractivity contribution in [1.82, 2.24) is 4.98 Å². The third-order valence-electron chi connectivity index (χ3n) is 3.23. The van der Waals surface area contributed by atoms with Crippen molar-refractivity contribution in [3.8, 4) is 0 Å². The number of carbonyl (C=O) groups excluding carboxylic acids is 1. The highest BCUT2D eigenvalue weighted by Crippen LogP contribution is 2.27. The van der Waals surface area contributed by atoms with Crippen LogP contribution in [-0.2, 0) is 11.3 Å². The van der Waals surface area contributed by atoms with Crippen LogP contribution in [0.25, 0.3) is 0 Å². The molecule has 0 unspecified atom stereocenters. The van der Waals surface area contributed by atoms with Gasteiger partial charge in [0.25, 0.3) is 0 Å². The second-order valence-electron chi connectivity index (χ2n) is 4.92. The molecule has 0 saturated heterocycles. The number of hydrogen-bond donors (Lipinski definition) is 0.